The van der Waals surface area contributed by atoms with Gasteiger partial charge in [-0.1, -0.05) is 42.5 Å². The fourth-order valence-corrected chi connectivity index (χ4v) is 4.73. The lowest BCUT2D eigenvalue weighted by Gasteiger charge is -2.25. The van der Waals surface area contributed by atoms with E-state index in [1.165, 1.54) is 0 Å². The molecule has 0 N–H and O–H groups in total. The highest BCUT2D eigenvalue weighted by molar-refractivity contribution is 6.14. The predicted octanol–water partition coefficient (Wildman–Crippen LogP) is 5.29. The van der Waals surface area contributed by atoms with Gasteiger partial charge >= 0.3 is 0 Å². The first-order valence-electron chi connectivity index (χ1n) is 12.4. The van der Waals surface area contributed by atoms with Gasteiger partial charge in [0.05, 0.1) is 16.6 Å². The van der Waals surface area contributed by atoms with Gasteiger partial charge in [0.15, 0.2) is 17.1 Å². The van der Waals surface area contributed by atoms with E-state index in [0.717, 1.165) is 46.5 Å². The number of aromatic nitrogens is 3. The van der Waals surface area contributed by atoms with Gasteiger partial charge in [-0.2, -0.15) is 5.10 Å². The summed E-state index contributed by atoms with van der Waals surface area (Å²) in [6.07, 6.45) is 6.26. The molecule has 36 heavy (non-hydrogen) atoms. The topological polar surface area (TPSA) is 69.5 Å². The molecule has 2 aliphatic rings. The number of carbonyl (C=O) groups is 1. The lowest BCUT2D eigenvalue weighted by molar-refractivity contribution is 0.0991. The molecule has 0 atom stereocenters. The number of hydrogen-bond donors (Lipinski definition) is 0. The molecular weight excluding hydrogens is 452 g/mol. The Morgan fingerprint density at radius 2 is 1.86 bits per heavy atom. The summed E-state index contributed by atoms with van der Waals surface area (Å²) in [5.74, 6) is 1.68. The van der Waals surface area contributed by atoms with Crippen LogP contribution in [0.15, 0.2) is 60.7 Å². The minimum atomic E-state index is -0.0882. The molecule has 0 unspecified atom stereocenters. The Hall–Kier alpha value is -4.13. The van der Waals surface area contributed by atoms with Crippen molar-refractivity contribution in [1.29, 1.82) is 0 Å². The van der Waals surface area contributed by atoms with Crippen molar-refractivity contribution < 1.29 is 14.3 Å². The zero-order valence-electron chi connectivity index (χ0n) is 20.5. The van der Waals surface area contributed by atoms with Gasteiger partial charge in [-0.15, -0.1) is 0 Å². The maximum Gasteiger partial charge on any atom is 0.259 e. The summed E-state index contributed by atoms with van der Waals surface area (Å²) in [7, 11) is 1.88. The second-order valence-corrected chi connectivity index (χ2v) is 9.33. The van der Waals surface area contributed by atoms with E-state index in [9.17, 15) is 4.79 Å². The number of benzene rings is 2. The van der Waals surface area contributed by atoms with Gasteiger partial charge in [-0.05, 0) is 43.5 Å². The number of pyridine rings is 1. The number of carbonyl (C=O) groups excluding carboxylic acids is 1. The molecule has 7 nitrogen and oxygen atoms in total. The number of aryl methyl sites for hydroxylation is 2. The van der Waals surface area contributed by atoms with Crippen LogP contribution in [-0.2, 0) is 7.05 Å². The molecular formula is C29H28N4O3. The average Bonchev–Trinajstić information content (AvgIpc) is 3.72. The first-order chi connectivity index (χ1) is 17.6. The normalized spacial score (nSPS) is 14.9. The second kappa shape index (κ2) is 9.15. The monoisotopic (exact) mass is 480 g/mol. The predicted molar refractivity (Wildman–Crippen MR) is 140 cm³/mol. The Balaban J connectivity index is 1.43. The van der Waals surface area contributed by atoms with Crippen LogP contribution in [0.3, 0.4) is 0 Å². The van der Waals surface area contributed by atoms with Crippen molar-refractivity contribution >= 4 is 28.7 Å². The summed E-state index contributed by atoms with van der Waals surface area (Å²) in [5, 5.41) is 5.39. The van der Waals surface area contributed by atoms with Gasteiger partial charge in [0.25, 0.3) is 5.91 Å². The largest absolute Gasteiger partial charge is 0.486 e. The lowest BCUT2D eigenvalue weighted by atomic mass is 10.1. The Morgan fingerprint density at radius 1 is 1.08 bits per heavy atom. The van der Waals surface area contributed by atoms with Crippen molar-refractivity contribution in [2.24, 2.45) is 7.05 Å². The van der Waals surface area contributed by atoms with E-state index in [1.807, 2.05) is 80.7 Å². The Morgan fingerprint density at radius 3 is 2.64 bits per heavy atom. The molecule has 2 aromatic carbocycles. The van der Waals surface area contributed by atoms with Crippen LogP contribution in [0, 0.1) is 6.92 Å². The van der Waals surface area contributed by atoms with E-state index >= 15 is 0 Å². The first kappa shape index (κ1) is 22.3. The summed E-state index contributed by atoms with van der Waals surface area (Å²) in [5.41, 5.74) is 4.99. The SMILES string of the molecule is Cc1nn(C)c2nc(C3CC3)cc(C(=O)N(C/C=C/c3ccccc3)c3ccc4c(c3)OCCO4)c12. The standard InChI is InChI=1S/C29H28N4O3/c1-19-27-23(18-24(21-10-11-21)30-28(27)32(2)31-19)29(34)33(14-6-9-20-7-4-3-5-8-20)22-12-13-25-26(17-22)36-16-15-35-25/h3-9,12-13,17-18,21H,10-11,14-16H2,1-2H3/b9-6+. The van der Waals surface area contributed by atoms with E-state index in [-0.39, 0.29) is 5.91 Å². The van der Waals surface area contributed by atoms with Crippen LogP contribution in [0.25, 0.3) is 17.1 Å². The van der Waals surface area contributed by atoms with E-state index in [2.05, 4.69) is 5.10 Å². The van der Waals surface area contributed by atoms with E-state index in [1.54, 1.807) is 9.58 Å². The van der Waals surface area contributed by atoms with Crippen LogP contribution >= 0.6 is 0 Å². The van der Waals surface area contributed by atoms with Crippen molar-refractivity contribution in [3.63, 3.8) is 0 Å². The number of anilines is 1. The van der Waals surface area contributed by atoms with Crippen LogP contribution < -0.4 is 14.4 Å². The molecule has 2 aromatic heterocycles. The average molecular weight is 481 g/mol. The van der Waals surface area contributed by atoms with Crippen molar-refractivity contribution in [2.45, 2.75) is 25.7 Å². The number of nitrogens with zero attached hydrogens (tertiary/aromatic N) is 4. The maximum absolute atomic E-state index is 14.3. The molecule has 1 saturated carbocycles. The minimum Gasteiger partial charge on any atom is -0.486 e. The van der Waals surface area contributed by atoms with Gasteiger partial charge in [-0.25, -0.2) is 4.98 Å². The number of ether oxygens (including phenoxy) is 2. The van der Waals surface area contributed by atoms with E-state index in [4.69, 9.17) is 14.5 Å². The summed E-state index contributed by atoms with van der Waals surface area (Å²) in [4.78, 5) is 20.9. The smallest absolute Gasteiger partial charge is 0.259 e. The third-order valence-corrected chi connectivity index (χ3v) is 6.69. The maximum atomic E-state index is 14.3. The van der Waals surface area contributed by atoms with Gasteiger partial charge in [0.2, 0.25) is 0 Å². The van der Waals surface area contributed by atoms with Crippen LogP contribution in [0.1, 0.15) is 46.1 Å². The van der Waals surface area contributed by atoms with Crippen molar-refractivity contribution in [1.82, 2.24) is 14.8 Å². The van der Waals surface area contributed by atoms with Crippen molar-refractivity contribution in [2.75, 3.05) is 24.7 Å². The molecule has 1 fully saturated rings. The summed E-state index contributed by atoms with van der Waals surface area (Å²) < 4.78 is 13.3. The van der Waals surface area contributed by atoms with Gasteiger partial charge in [-0.3, -0.25) is 9.48 Å². The fourth-order valence-electron chi connectivity index (χ4n) is 4.73. The van der Waals surface area contributed by atoms with Crippen LogP contribution in [0.4, 0.5) is 5.69 Å². The molecule has 1 amide bonds. The van der Waals surface area contributed by atoms with Crippen molar-refractivity contribution in [3.05, 3.63) is 83.2 Å². The number of amides is 1. The van der Waals surface area contributed by atoms with Crippen LogP contribution in [0.5, 0.6) is 11.5 Å². The van der Waals surface area contributed by atoms with Crippen LogP contribution in [0.2, 0.25) is 0 Å². The second-order valence-electron chi connectivity index (χ2n) is 9.33. The Bertz CT molecular complexity index is 1470. The molecule has 3 heterocycles. The summed E-state index contributed by atoms with van der Waals surface area (Å²) in [6, 6.07) is 17.7. The summed E-state index contributed by atoms with van der Waals surface area (Å²) in [6.45, 7) is 3.34. The molecule has 0 radical (unpaired) electrons. The Labute approximate surface area is 210 Å². The highest BCUT2D eigenvalue weighted by atomic mass is 16.6. The number of fused-ring (bicyclic) bond motifs is 2. The molecule has 0 saturated heterocycles. The molecule has 0 spiro atoms. The molecule has 7 heteroatoms. The molecule has 6 rings (SSSR count). The van der Waals surface area contributed by atoms with Gasteiger partial charge in [0, 0.05) is 37.0 Å². The Kier molecular flexibility index (Phi) is 5.68. The first-order valence-corrected chi connectivity index (χ1v) is 12.4. The lowest BCUT2D eigenvalue weighted by Crippen LogP contribution is -2.31. The van der Waals surface area contributed by atoms with E-state index < -0.39 is 0 Å². The minimum absolute atomic E-state index is 0.0882. The van der Waals surface area contributed by atoms with E-state index in [0.29, 0.717) is 42.7 Å². The van der Waals surface area contributed by atoms with Gasteiger partial charge in [0.1, 0.15) is 13.2 Å². The fraction of sp³-hybridized carbons (Fsp3) is 0.276. The number of hydrogen-bond acceptors (Lipinski definition) is 5. The molecule has 1 aliphatic carbocycles. The zero-order chi connectivity index (χ0) is 24.6. The molecule has 182 valence electrons. The van der Waals surface area contributed by atoms with Crippen molar-refractivity contribution in [3.8, 4) is 11.5 Å². The third-order valence-electron chi connectivity index (χ3n) is 6.69. The van der Waals surface area contributed by atoms with Crippen LogP contribution in [-0.4, -0.2) is 40.4 Å². The highest BCUT2D eigenvalue weighted by Gasteiger charge is 2.30. The van der Waals surface area contributed by atoms with Gasteiger partial charge < -0.3 is 14.4 Å². The highest BCUT2D eigenvalue weighted by Crippen LogP contribution is 2.41. The molecule has 4 aromatic rings. The zero-order valence-corrected chi connectivity index (χ0v) is 20.5. The quantitative estimate of drug-likeness (QED) is 0.375. The third kappa shape index (κ3) is 4.21. The summed E-state index contributed by atoms with van der Waals surface area (Å²) >= 11 is 0. The number of rotatable bonds is 6. The molecule has 0 bridgehead atoms. The molecule has 1 aliphatic heterocycles.